The SMILES string of the molecule is O=S(=O)(Oc1ncnc2c1CNCC2)C(F)(F)F. The number of hydrogen-bond acceptors (Lipinski definition) is 6. The van der Waals surface area contributed by atoms with Gasteiger partial charge in [0.05, 0.1) is 11.3 Å². The summed E-state index contributed by atoms with van der Waals surface area (Å²) in [5, 5.41) is 2.87. The van der Waals surface area contributed by atoms with Gasteiger partial charge in [0.15, 0.2) is 0 Å². The van der Waals surface area contributed by atoms with Gasteiger partial charge in [0.25, 0.3) is 0 Å². The van der Waals surface area contributed by atoms with Crippen molar-refractivity contribution in [3.05, 3.63) is 17.6 Å². The van der Waals surface area contributed by atoms with Crippen LogP contribution in [0.3, 0.4) is 0 Å². The highest BCUT2D eigenvalue weighted by molar-refractivity contribution is 7.87. The quantitative estimate of drug-likeness (QED) is 0.623. The van der Waals surface area contributed by atoms with Gasteiger partial charge in [-0.3, -0.25) is 0 Å². The summed E-state index contributed by atoms with van der Waals surface area (Å²) in [6.07, 6.45) is 1.45. The van der Waals surface area contributed by atoms with Gasteiger partial charge in [0.2, 0.25) is 5.88 Å². The molecule has 1 N–H and O–H groups in total. The number of aromatic nitrogens is 2. The molecule has 2 heterocycles. The lowest BCUT2D eigenvalue weighted by Crippen LogP contribution is -2.31. The topological polar surface area (TPSA) is 81.2 Å². The molecule has 0 unspecified atom stereocenters. The molecule has 0 amide bonds. The van der Waals surface area contributed by atoms with Crippen LogP contribution in [0, 0.1) is 0 Å². The summed E-state index contributed by atoms with van der Waals surface area (Å²) in [5.41, 5.74) is -4.76. The number of nitrogens with zero attached hydrogens (tertiary/aromatic N) is 2. The predicted octanol–water partition coefficient (Wildman–Crippen LogP) is 0.351. The average molecular weight is 283 g/mol. The summed E-state index contributed by atoms with van der Waals surface area (Å²) in [5.74, 6) is -0.579. The molecule has 6 nitrogen and oxygen atoms in total. The molecule has 1 aliphatic heterocycles. The lowest BCUT2D eigenvalue weighted by atomic mass is 10.1. The maximum Gasteiger partial charge on any atom is 0.534 e. The van der Waals surface area contributed by atoms with Gasteiger partial charge in [-0.2, -0.15) is 21.6 Å². The molecule has 0 atom stereocenters. The van der Waals surface area contributed by atoms with Crippen LogP contribution in [0.25, 0.3) is 0 Å². The molecule has 1 aromatic heterocycles. The molecule has 10 heteroatoms. The van der Waals surface area contributed by atoms with Gasteiger partial charge < -0.3 is 9.50 Å². The second-order valence-electron chi connectivity index (χ2n) is 3.51. The van der Waals surface area contributed by atoms with Gasteiger partial charge >= 0.3 is 15.6 Å². The number of fused-ring (bicyclic) bond motifs is 1. The number of rotatable bonds is 2. The maximum atomic E-state index is 12.2. The Labute approximate surface area is 100 Å². The van der Waals surface area contributed by atoms with E-state index in [0.29, 0.717) is 18.7 Å². The summed E-state index contributed by atoms with van der Waals surface area (Å²) in [6, 6.07) is 0. The largest absolute Gasteiger partial charge is 0.534 e. The summed E-state index contributed by atoms with van der Waals surface area (Å²) < 4.78 is 62.3. The van der Waals surface area contributed by atoms with E-state index in [0.717, 1.165) is 6.33 Å². The molecule has 0 aromatic carbocycles. The van der Waals surface area contributed by atoms with Crippen molar-refractivity contribution in [2.24, 2.45) is 0 Å². The Morgan fingerprint density at radius 1 is 1.33 bits per heavy atom. The van der Waals surface area contributed by atoms with Crippen LogP contribution in [0.2, 0.25) is 0 Å². The van der Waals surface area contributed by atoms with E-state index in [4.69, 9.17) is 0 Å². The summed E-state index contributed by atoms with van der Waals surface area (Å²) in [6.45, 7) is 0.772. The Morgan fingerprint density at radius 2 is 2.06 bits per heavy atom. The van der Waals surface area contributed by atoms with Gasteiger partial charge in [-0.25, -0.2) is 9.97 Å². The summed E-state index contributed by atoms with van der Waals surface area (Å²) >= 11 is 0. The minimum atomic E-state index is -5.70. The molecule has 0 bridgehead atoms. The van der Waals surface area contributed by atoms with E-state index in [1.807, 2.05) is 0 Å². The number of halogens is 3. The van der Waals surface area contributed by atoms with Crippen LogP contribution in [0.15, 0.2) is 6.33 Å². The average Bonchev–Trinajstić information content (AvgIpc) is 2.27. The van der Waals surface area contributed by atoms with Crippen LogP contribution in [-0.2, 0) is 23.1 Å². The van der Waals surface area contributed by atoms with Crippen LogP contribution in [-0.4, -0.2) is 30.4 Å². The van der Waals surface area contributed by atoms with Crippen LogP contribution in [0.1, 0.15) is 11.3 Å². The van der Waals surface area contributed by atoms with Gasteiger partial charge in [0.1, 0.15) is 6.33 Å². The van der Waals surface area contributed by atoms with E-state index in [-0.39, 0.29) is 12.1 Å². The molecule has 1 aliphatic rings. The summed E-state index contributed by atoms with van der Waals surface area (Å²) in [4.78, 5) is 7.30. The van der Waals surface area contributed by atoms with E-state index in [1.165, 1.54) is 0 Å². The molecule has 18 heavy (non-hydrogen) atoms. The first-order chi connectivity index (χ1) is 8.31. The van der Waals surface area contributed by atoms with E-state index >= 15 is 0 Å². The molecular weight excluding hydrogens is 275 g/mol. The molecule has 0 aliphatic carbocycles. The molecule has 0 fully saturated rings. The van der Waals surface area contributed by atoms with Gasteiger partial charge in [-0.15, -0.1) is 0 Å². The van der Waals surface area contributed by atoms with Crippen LogP contribution < -0.4 is 9.50 Å². The Hall–Kier alpha value is -1.42. The van der Waals surface area contributed by atoms with Crippen LogP contribution in [0.5, 0.6) is 5.88 Å². The molecule has 0 saturated carbocycles. The molecule has 0 saturated heterocycles. The van der Waals surface area contributed by atoms with E-state index in [1.54, 1.807) is 0 Å². The second-order valence-corrected chi connectivity index (χ2v) is 5.05. The predicted molar refractivity (Wildman–Crippen MR) is 53.0 cm³/mol. The van der Waals surface area contributed by atoms with Crippen molar-refractivity contribution in [3.8, 4) is 5.88 Å². The van der Waals surface area contributed by atoms with E-state index < -0.39 is 21.5 Å². The van der Waals surface area contributed by atoms with Gasteiger partial charge in [-0.1, -0.05) is 0 Å². The highest BCUT2D eigenvalue weighted by atomic mass is 32.2. The maximum absolute atomic E-state index is 12.2. The monoisotopic (exact) mass is 283 g/mol. The zero-order valence-corrected chi connectivity index (χ0v) is 9.68. The lowest BCUT2D eigenvalue weighted by Gasteiger charge is -2.18. The molecule has 2 rings (SSSR count). The van der Waals surface area contributed by atoms with Crippen LogP contribution in [0.4, 0.5) is 13.2 Å². The fourth-order valence-corrected chi connectivity index (χ4v) is 1.91. The number of alkyl halides is 3. The van der Waals surface area contributed by atoms with E-state index in [2.05, 4.69) is 19.5 Å². The minimum absolute atomic E-state index is 0.166. The smallest absolute Gasteiger partial charge is 0.355 e. The molecular formula is C8H8F3N3O3S. The molecule has 0 spiro atoms. The zero-order chi connectivity index (χ0) is 13.4. The Bertz CT molecular complexity index is 558. The van der Waals surface area contributed by atoms with Crippen molar-refractivity contribution in [2.45, 2.75) is 18.5 Å². The Morgan fingerprint density at radius 3 is 2.72 bits per heavy atom. The molecule has 0 radical (unpaired) electrons. The highest BCUT2D eigenvalue weighted by Crippen LogP contribution is 2.28. The third-order valence-electron chi connectivity index (χ3n) is 2.31. The van der Waals surface area contributed by atoms with E-state index in [9.17, 15) is 21.6 Å². The fourth-order valence-electron chi connectivity index (χ4n) is 1.47. The Balaban J connectivity index is 2.36. The second kappa shape index (κ2) is 4.35. The Kier molecular flexibility index (Phi) is 3.15. The van der Waals surface area contributed by atoms with Crippen molar-refractivity contribution in [1.82, 2.24) is 15.3 Å². The first-order valence-corrected chi connectivity index (χ1v) is 6.26. The van der Waals surface area contributed by atoms with Crippen molar-refractivity contribution < 1.29 is 25.8 Å². The first kappa shape index (κ1) is 13.0. The normalized spacial score (nSPS) is 16.2. The first-order valence-electron chi connectivity index (χ1n) is 4.85. The summed E-state index contributed by atoms with van der Waals surface area (Å²) in [7, 11) is -5.70. The van der Waals surface area contributed by atoms with Gasteiger partial charge in [-0.05, 0) is 0 Å². The van der Waals surface area contributed by atoms with Crippen molar-refractivity contribution >= 4 is 10.1 Å². The fraction of sp³-hybridized carbons (Fsp3) is 0.500. The number of nitrogens with one attached hydrogen (secondary N) is 1. The third-order valence-corrected chi connectivity index (χ3v) is 3.25. The highest BCUT2D eigenvalue weighted by Gasteiger charge is 2.49. The zero-order valence-electron chi connectivity index (χ0n) is 8.86. The van der Waals surface area contributed by atoms with Crippen molar-refractivity contribution in [3.63, 3.8) is 0 Å². The standard InChI is InChI=1S/C8H8F3N3O3S/c9-8(10,11)18(15,16)17-7-5-3-12-2-1-6(5)13-4-14-7/h4,12H,1-3H2. The minimum Gasteiger partial charge on any atom is -0.355 e. The lowest BCUT2D eigenvalue weighted by molar-refractivity contribution is -0.0501. The van der Waals surface area contributed by atoms with Gasteiger partial charge in [0, 0.05) is 19.5 Å². The number of hydrogen-bond donors (Lipinski definition) is 1. The third kappa shape index (κ3) is 2.38. The van der Waals surface area contributed by atoms with Crippen LogP contribution >= 0.6 is 0 Å². The molecule has 1 aromatic rings. The van der Waals surface area contributed by atoms with Crippen molar-refractivity contribution in [2.75, 3.05) is 6.54 Å². The molecule has 100 valence electrons. The van der Waals surface area contributed by atoms with Crippen molar-refractivity contribution in [1.29, 1.82) is 0 Å².